The molecule has 0 amide bonds. The van der Waals surface area contributed by atoms with Crippen LogP contribution in [0.3, 0.4) is 0 Å². The summed E-state index contributed by atoms with van der Waals surface area (Å²) < 4.78 is 21.9. The summed E-state index contributed by atoms with van der Waals surface area (Å²) in [6, 6.07) is 11.0. The summed E-state index contributed by atoms with van der Waals surface area (Å²) in [5.41, 5.74) is 4.48. The van der Waals surface area contributed by atoms with Gasteiger partial charge < -0.3 is 24.3 Å². The van der Waals surface area contributed by atoms with Gasteiger partial charge in [-0.1, -0.05) is 0 Å². The van der Waals surface area contributed by atoms with E-state index in [-0.39, 0.29) is 6.52 Å². The number of aryl methyl sites for hydroxylation is 1. The summed E-state index contributed by atoms with van der Waals surface area (Å²) in [5.74, 6) is 1.79. The van der Waals surface area contributed by atoms with E-state index in [4.69, 9.17) is 15.8 Å². The topological polar surface area (TPSA) is 51.6 Å². The van der Waals surface area contributed by atoms with Crippen LogP contribution in [0.5, 0.6) is 11.5 Å². The van der Waals surface area contributed by atoms with E-state index in [1.165, 1.54) is 5.52 Å². The standard InChI is InChI=1S/C26H34N4O2/c1-29-23(19-4-5-25(31-2)26(15-19)32-3)14-20-17-28-22(16-24(20)29)18-8-12-30(13-9-18)21-6-10-27-11-7-21/h4-5,14-18,21,27H,6-13H2,1-3H3/i12D. The van der Waals surface area contributed by atoms with Gasteiger partial charge >= 0.3 is 0 Å². The van der Waals surface area contributed by atoms with Crippen molar-refractivity contribution in [3.63, 3.8) is 0 Å². The average Bonchev–Trinajstić information content (AvgIpc) is 3.19. The number of hydrogen-bond acceptors (Lipinski definition) is 5. The fourth-order valence-electron chi connectivity index (χ4n) is 5.26. The summed E-state index contributed by atoms with van der Waals surface area (Å²) in [4.78, 5) is 7.27. The Labute approximate surface area is 191 Å². The lowest BCUT2D eigenvalue weighted by atomic mass is 9.91. The Hall–Kier alpha value is -2.57. The van der Waals surface area contributed by atoms with Gasteiger partial charge in [-0.3, -0.25) is 4.98 Å². The van der Waals surface area contributed by atoms with Crippen molar-refractivity contribution >= 4 is 10.9 Å². The van der Waals surface area contributed by atoms with E-state index in [0.29, 0.717) is 12.0 Å². The van der Waals surface area contributed by atoms with Crippen molar-refractivity contribution in [2.75, 3.05) is 40.4 Å². The molecular formula is C26H34N4O2. The van der Waals surface area contributed by atoms with Gasteiger partial charge in [0.15, 0.2) is 11.5 Å². The van der Waals surface area contributed by atoms with Crippen molar-refractivity contribution in [2.24, 2.45) is 7.05 Å². The molecule has 5 rings (SSSR count). The van der Waals surface area contributed by atoms with Gasteiger partial charge in [-0.2, -0.15) is 0 Å². The molecule has 0 saturated carbocycles. The predicted molar refractivity (Wildman–Crippen MR) is 129 cm³/mol. The van der Waals surface area contributed by atoms with Crippen LogP contribution in [0.4, 0.5) is 0 Å². The molecule has 2 aliphatic heterocycles. The van der Waals surface area contributed by atoms with E-state index in [9.17, 15) is 0 Å². The third-order valence-electron chi connectivity index (χ3n) is 7.18. The number of methoxy groups -OCH3 is 2. The SMILES string of the molecule is [2H]C1CC(c2cc3c(cn2)cc(-c2ccc(OC)c(OC)c2)n3C)CCN1C1CCNCC1. The maximum Gasteiger partial charge on any atom is 0.161 e. The molecule has 4 heterocycles. The fraction of sp³-hybridized carbons (Fsp3) is 0.500. The fourth-order valence-corrected chi connectivity index (χ4v) is 5.26. The van der Waals surface area contributed by atoms with Crippen molar-refractivity contribution in [3.8, 4) is 22.8 Å². The third-order valence-corrected chi connectivity index (χ3v) is 7.18. The molecule has 3 aromatic rings. The number of pyridine rings is 1. The maximum atomic E-state index is 8.79. The van der Waals surface area contributed by atoms with E-state index >= 15 is 0 Å². The van der Waals surface area contributed by atoms with Gasteiger partial charge in [0.25, 0.3) is 0 Å². The molecule has 1 N–H and O–H groups in total. The van der Waals surface area contributed by atoms with Gasteiger partial charge in [-0.25, -0.2) is 0 Å². The minimum absolute atomic E-state index is 0.139. The monoisotopic (exact) mass is 435 g/mol. The molecule has 0 radical (unpaired) electrons. The van der Waals surface area contributed by atoms with Crippen molar-refractivity contribution in [3.05, 3.63) is 42.2 Å². The van der Waals surface area contributed by atoms with Crippen LogP contribution in [-0.4, -0.2) is 60.9 Å². The number of likely N-dealkylation sites (tertiary alicyclic amines) is 1. The average molecular weight is 436 g/mol. The second-order valence-electron chi connectivity index (χ2n) is 8.95. The van der Waals surface area contributed by atoms with Gasteiger partial charge in [0, 0.05) is 48.9 Å². The molecule has 2 aromatic heterocycles. The molecule has 2 unspecified atom stereocenters. The van der Waals surface area contributed by atoms with Gasteiger partial charge in [0.2, 0.25) is 0 Å². The third kappa shape index (κ3) is 3.97. The molecule has 2 fully saturated rings. The highest BCUT2D eigenvalue weighted by Gasteiger charge is 2.27. The van der Waals surface area contributed by atoms with E-state index in [2.05, 4.69) is 40.0 Å². The largest absolute Gasteiger partial charge is 0.493 e. The summed E-state index contributed by atoms with van der Waals surface area (Å²) in [6.07, 6.45) is 6.24. The molecule has 0 spiro atoms. The lowest BCUT2D eigenvalue weighted by Gasteiger charge is -2.39. The summed E-state index contributed by atoms with van der Waals surface area (Å²) in [7, 11) is 5.42. The van der Waals surface area contributed by atoms with Crippen LogP contribution in [0.25, 0.3) is 22.2 Å². The Morgan fingerprint density at radius 3 is 2.59 bits per heavy atom. The predicted octanol–water partition coefficient (Wildman–Crippen LogP) is 4.19. The van der Waals surface area contributed by atoms with Gasteiger partial charge in [0.1, 0.15) is 0 Å². The lowest BCUT2D eigenvalue weighted by molar-refractivity contribution is 0.126. The number of aromatic nitrogens is 2. The summed E-state index contributed by atoms with van der Waals surface area (Å²) in [6.45, 7) is 3.00. The molecule has 32 heavy (non-hydrogen) atoms. The normalized spacial score (nSPS) is 23.3. The Kier molecular flexibility index (Phi) is 5.72. The van der Waals surface area contributed by atoms with Crippen LogP contribution in [0.2, 0.25) is 0 Å². The molecule has 0 aliphatic carbocycles. The van der Waals surface area contributed by atoms with E-state index in [1.807, 2.05) is 18.3 Å². The second-order valence-corrected chi connectivity index (χ2v) is 8.95. The lowest BCUT2D eigenvalue weighted by Crippen LogP contribution is -2.46. The molecule has 170 valence electrons. The number of ether oxygens (including phenoxy) is 2. The highest BCUT2D eigenvalue weighted by molar-refractivity contribution is 5.87. The van der Waals surface area contributed by atoms with Crippen molar-refractivity contribution < 1.29 is 10.8 Å². The molecule has 1 aromatic carbocycles. The van der Waals surface area contributed by atoms with Gasteiger partial charge in [0.05, 0.1) is 19.7 Å². The Balaban J connectivity index is 1.39. The number of piperidine rings is 2. The zero-order valence-electron chi connectivity index (χ0n) is 20.3. The molecular weight excluding hydrogens is 400 g/mol. The van der Waals surface area contributed by atoms with Crippen LogP contribution in [-0.2, 0) is 7.05 Å². The first-order valence-electron chi connectivity index (χ1n) is 12.2. The highest BCUT2D eigenvalue weighted by atomic mass is 16.5. The minimum Gasteiger partial charge on any atom is -0.493 e. The van der Waals surface area contributed by atoms with Crippen LogP contribution in [0.1, 0.15) is 38.7 Å². The molecule has 0 bridgehead atoms. The molecule has 2 atom stereocenters. The number of benzene rings is 1. The molecule has 6 heteroatoms. The molecule has 2 saturated heterocycles. The first-order valence-corrected chi connectivity index (χ1v) is 11.7. The molecule has 2 aliphatic rings. The zero-order chi connectivity index (χ0) is 22.9. The molecule has 6 nitrogen and oxygen atoms in total. The first-order chi connectivity index (χ1) is 16.1. The Bertz CT molecular complexity index is 1120. The maximum absolute atomic E-state index is 8.79. The highest BCUT2D eigenvalue weighted by Crippen LogP contribution is 2.36. The first kappa shape index (κ1) is 20.1. The van der Waals surface area contributed by atoms with Crippen LogP contribution in [0.15, 0.2) is 36.5 Å². The quantitative estimate of drug-likeness (QED) is 0.651. The summed E-state index contributed by atoms with van der Waals surface area (Å²) in [5, 5.41) is 4.56. The Morgan fingerprint density at radius 1 is 1.03 bits per heavy atom. The number of nitrogens with zero attached hydrogens (tertiary/aromatic N) is 3. The van der Waals surface area contributed by atoms with Crippen molar-refractivity contribution in [1.82, 2.24) is 19.8 Å². The van der Waals surface area contributed by atoms with Crippen LogP contribution >= 0.6 is 0 Å². The van der Waals surface area contributed by atoms with Crippen molar-refractivity contribution in [1.29, 1.82) is 0 Å². The smallest absolute Gasteiger partial charge is 0.161 e. The summed E-state index contributed by atoms with van der Waals surface area (Å²) >= 11 is 0. The Morgan fingerprint density at radius 2 is 1.84 bits per heavy atom. The van der Waals surface area contributed by atoms with Crippen molar-refractivity contribution in [2.45, 2.75) is 37.6 Å². The van der Waals surface area contributed by atoms with Crippen LogP contribution in [0, 0.1) is 0 Å². The number of nitrogens with one attached hydrogen (secondary N) is 1. The van der Waals surface area contributed by atoms with Gasteiger partial charge in [-0.05, 0) is 82.2 Å². The van der Waals surface area contributed by atoms with E-state index in [0.717, 1.165) is 79.2 Å². The number of fused-ring (bicyclic) bond motifs is 1. The number of hydrogen-bond donors (Lipinski definition) is 1. The van der Waals surface area contributed by atoms with E-state index in [1.54, 1.807) is 14.2 Å². The van der Waals surface area contributed by atoms with Gasteiger partial charge in [-0.15, -0.1) is 0 Å². The van der Waals surface area contributed by atoms with E-state index < -0.39 is 0 Å². The number of rotatable bonds is 5. The van der Waals surface area contributed by atoms with Crippen LogP contribution < -0.4 is 14.8 Å². The zero-order valence-corrected chi connectivity index (χ0v) is 19.3. The minimum atomic E-state index is -0.139. The second kappa shape index (κ2) is 9.12.